The molecule has 9 heteroatoms. The minimum absolute atomic E-state index is 0.281. The lowest BCUT2D eigenvalue weighted by molar-refractivity contribution is 0.147. The Hall–Kier alpha value is -2.62. The molecule has 258 valence electrons. The molecule has 2 N–H and O–H groups in total. The Morgan fingerprint density at radius 1 is 0.915 bits per heavy atom. The summed E-state index contributed by atoms with van der Waals surface area (Å²) in [5.74, 6) is 2.45. The number of hydrogen-bond acceptors (Lipinski definition) is 5. The summed E-state index contributed by atoms with van der Waals surface area (Å²) < 4.78 is 5.67. The summed E-state index contributed by atoms with van der Waals surface area (Å²) in [6, 6.07) is 17.8. The zero-order valence-electron chi connectivity index (χ0n) is 29.2. The number of nitrogens with one attached hydrogen (secondary N) is 1. The van der Waals surface area contributed by atoms with Crippen LogP contribution in [0.2, 0.25) is 0 Å². The lowest BCUT2D eigenvalue weighted by Gasteiger charge is -2.38. The van der Waals surface area contributed by atoms with Crippen molar-refractivity contribution in [3.05, 3.63) is 59.7 Å². The fourth-order valence-electron chi connectivity index (χ4n) is 7.81. The predicted molar refractivity (Wildman–Crippen MR) is 201 cm³/mol. The van der Waals surface area contributed by atoms with Crippen LogP contribution in [0.15, 0.2) is 48.5 Å². The summed E-state index contributed by atoms with van der Waals surface area (Å²) in [5.41, 5.74) is 2.52. The van der Waals surface area contributed by atoms with E-state index in [4.69, 9.17) is 29.2 Å². The van der Waals surface area contributed by atoms with Crippen molar-refractivity contribution in [2.45, 2.75) is 97.3 Å². The first-order chi connectivity index (χ1) is 22.6. The molecule has 2 aromatic rings. The van der Waals surface area contributed by atoms with Gasteiger partial charge in [-0.1, -0.05) is 52.0 Å². The maximum Gasteiger partial charge on any atom is 0.172 e. The van der Waals surface area contributed by atoms with Crippen molar-refractivity contribution in [3.63, 3.8) is 0 Å². The normalized spacial score (nSPS) is 22.6. The topological polar surface area (TPSA) is 54.5 Å². The third-order valence-corrected chi connectivity index (χ3v) is 10.9. The van der Waals surface area contributed by atoms with Crippen LogP contribution in [0.1, 0.15) is 71.4 Å². The number of likely N-dealkylation sites (tertiary alicyclic amines) is 1. The first kappa shape index (κ1) is 35.7. The summed E-state index contributed by atoms with van der Waals surface area (Å²) >= 11 is 12.2. The average molecular weight is 680 g/mol. The standard InChI is InChI=1S/C38H57N5O2S2/c1-6-45-36-15-11-29(12-16-36)17-19-41-34(22-30-9-13-35(44)14-10-30)26-43(38(41)47)33(21-28(4)5)24-40-18-7-8-31(40)25-42-32(20-27(2)3)23-39-37(42)46/h9-16,27-28,31-34,44H,6-8,17-26H2,1-5H3,(H,39,46)/t31-,32+,33+,34+/m1/s1. The quantitative estimate of drug-likeness (QED) is 0.198. The SMILES string of the molecule is CCOc1ccc(CCN2C(=S)N([C@@H](CC(C)C)CN3CCC[C@@H]3CN3C(=S)NC[C@@H]3CC(C)C)C[C@@H]2Cc2ccc(O)cc2)cc1. The van der Waals surface area contributed by atoms with E-state index in [1.165, 1.54) is 30.4 Å². The van der Waals surface area contributed by atoms with E-state index in [9.17, 15) is 5.11 Å². The summed E-state index contributed by atoms with van der Waals surface area (Å²) in [6.07, 6.45) is 6.58. The Bertz CT molecular complexity index is 1300. The van der Waals surface area contributed by atoms with E-state index in [2.05, 4.69) is 89.0 Å². The molecule has 0 amide bonds. The predicted octanol–water partition coefficient (Wildman–Crippen LogP) is 6.33. The second kappa shape index (κ2) is 16.7. The maximum atomic E-state index is 9.92. The van der Waals surface area contributed by atoms with E-state index < -0.39 is 0 Å². The molecule has 3 heterocycles. The molecule has 4 atom stereocenters. The van der Waals surface area contributed by atoms with Crippen molar-refractivity contribution in [1.29, 1.82) is 0 Å². The molecule has 7 nitrogen and oxygen atoms in total. The van der Waals surface area contributed by atoms with Crippen molar-refractivity contribution in [3.8, 4) is 11.5 Å². The van der Waals surface area contributed by atoms with E-state index in [0.29, 0.717) is 42.3 Å². The molecule has 3 saturated heterocycles. The molecule has 0 aliphatic carbocycles. The highest BCUT2D eigenvalue weighted by Crippen LogP contribution is 2.29. The van der Waals surface area contributed by atoms with Crippen LogP contribution >= 0.6 is 24.4 Å². The third-order valence-electron chi connectivity index (χ3n) is 10.1. The molecule has 47 heavy (non-hydrogen) atoms. The number of phenols is 1. The summed E-state index contributed by atoms with van der Waals surface area (Å²) in [7, 11) is 0. The monoisotopic (exact) mass is 679 g/mol. The van der Waals surface area contributed by atoms with Gasteiger partial charge in [-0.15, -0.1) is 0 Å². The van der Waals surface area contributed by atoms with Gasteiger partial charge in [0.15, 0.2) is 10.2 Å². The van der Waals surface area contributed by atoms with Crippen LogP contribution in [0.3, 0.4) is 0 Å². The lowest BCUT2D eigenvalue weighted by atomic mass is 10.0. The van der Waals surface area contributed by atoms with Crippen molar-refractivity contribution in [2.24, 2.45) is 11.8 Å². The molecule has 0 bridgehead atoms. The van der Waals surface area contributed by atoms with E-state index in [0.717, 1.165) is 74.5 Å². The first-order valence-corrected chi connectivity index (χ1v) is 18.8. The first-order valence-electron chi connectivity index (χ1n) is 18.0. The molecule has 3 fully saturated rings. The van der Waals surface area contributed by atoms with Crippen molar-refractivity contribution >= 4 is 34.7 Å². The Morgan fingerprint density at radius 2 is 1.64 bits per heavy atom. The average Bonchev–Trinajstić information content (AvgIpc) is 3.71. The lowest BCUT2D eigenvalue weighted by Crippen LogP contribution is -2.51. The van der Waals surface area contributed by atoms with E-state index in [1.807, 2.05) is 6.92 Å². The van der Waals surface area contributed by atoms with Gasteiger partial charge in [-0.25, -0.2) is 0 Å². The van der Waals surface area contributed by atoms with Gasteiger partial charge in [0.1, 0.15) is 11.5 Å². The van der Waals surface area contributed by atoms with Gasteiger partial charge in [-0.2, -0.15) is 0 Å². The summed E-state index contributed by atoms with van der Waals surface area (Å²) in [6.45, 7) is 18.0. The number of aromatic hydroxyl groups is 1. The fraction of sp³-hybridized carbons (Fsp3) is 0.632. The van der Waals surface area contributed by atoms with Crippen LogP contribution in [0, 0.1) is 11.8 Å². The molecular formula is C38H57N5O2S2. The zero-order valence-corrected chi connectivity index (χ0v) is 30.9. The Morgan fingerprint density at radius 3 is 2.32 bits per heavy atom. The number of rotatable bonds is 16. The number of hydrogen-bond donors (Lipinski definition) is 2. The van der Waals surface area contributed by atoms with Gasteiger partial charge in [-0.05, 0) is 124 Å². The second-order valence-electron chi connectivity index (χ2n) is 14.7. The van der Waals surface area contributed by atoms with Gasteiger partial charge in [-0.3, -0.25) is 4.90 Å². The van der Waals surface area contributed by atoms with Crippen LogP contribution in [-0.4, -0.2) is 105 Å². The Labute approximate surface area is 294 Å². The highest BCUT2D eigenvalue weighted by molar-refractivity contribution is 7.80. The minimum Gasteiger partial charge on any atom is -0.508 e. The molecule has 2 aromatic carbocycles. The van der Waals surface area contributed by atoms with Crippen molar-refractivity contribution in [1.82, 2.24) is 24.9 Å². The van der Waals surface area contributed by atoms with Crippen LogP contribution in [-0.2, 0) is 12.8 Å². The van der Waals surface area contributed by atoms with Gasteiger partial charge in [0.05, 0.1) is 12.6 Å². The van der Waals surface area contributed by atoms with Gasteiger partial charge < -0.3 is 29.9 Å². The second-order valence-corrected chi connectivity index (χ2v) is 15.4. The largest absolute Gasteiger partial charge is 0.508 e. The zero-order chi connectivity index (χ0) is 33.5. The molecule has 0 spiro atoms. The highest BCUT2D eigenvalue weighted by Gasteiger charge is 2.40. The third kappa shape index (κ3) is 9.51. The molecular weight excluding hydrogens is 623 g/mol. The minimum atomic E-state index is 0.281. The Balaban J connectivity index is 1.31. The number of benzene rings is 2. The van der Waals surface area contributed by atoms with Crippen LogP contribution < -0.4 is 10.1 Å². The van der Waals surface area contributed by atoms with E-state index in [1.54, 1.807) is 12.1 Å². The molecule has 3 aliphatic heterocycles. The van der Waals surface area contributed by atoms with Gasteiger partial charge in [0.25, 0.3) is 0 Å². The smallest absolute Gasteiger partial charge is 0.172 e. The summed E-state index contributed by atoms with van der Waals surface area (Å²) in [4.78, 5) is 10.3. The molecule has 0 aromatic heterocycles. The summed E-state index contributed by atoms with van der Waals surface area (Å²) in [5, 5.41) is 15.3. The fourth-order valence-corrected chi connectivity index (χ4v) is 8.58. The maximum absolute atomic E-state index is 9.92. The van der Waals surface area contributed by atoms with Gasteiger partial charge >= 0.3 is 0 Å². The van der Waals surface area contributed by atoms with Crippen LogP contribution in [0.4, 0.5) is 0 Å². The molecule has 0 unspecified atom stereocenters. The molecule has 0 radical (unpaired) electrons. The van der Waals surface area contributed by atoms with Crippen LogP contribution in [0.25, 0.3) is 0 Å². The number of ether oxygens (including phenoxy) is 1. The Kier molecular flexibility index (Phi) is 12.6. The number of nitrogens with zero attached hydrogens (tertiary/aromatic N) is 4. The van der Waals surface area contributed by atoms with Gasteiger partial charge in [0.2, 0.25) is 0 Å². The highest BCUT2D eigenvalue weighted by atomic mass is 32.1. The van der Waals surface area contributed by atoms with Gasteiger partial charge in [0, 0.05) is 50.8 Å². The van der Waals surface area contributed by atoms with Crippen LogP contribution in [0.5, 0.6) is 11.5 Å². The van der Waals surface area contributed by atoms with Crippen molar-refractivity contribution in [2.75, 3.05) is 45.9 Å². The molecule has 3 aliphatic rings. The number of thiocarbonyl (C=S) groups is 2. The van der Waals surface area contributed by atoms with Crippen molar-refractivity contribution < 1.29 is 9.84 Å². The molecule has 5 rings (SSSR count). The van der Waals surface area contributed by atoms with E-state index in [-0.39, 0.29) is 6.04 Å². The number of phenolic OH excluding ortho intramolecular Hbond substituents is 1. The molecule has 0 saturated carbocycles. The van der Waals surface area contributed by atoms with E-state index >= 15 is 0 Å².